The van der Waals surface area contributed by atoms with Crippen LogP contribution in [0, 0.1) is 0 Å². The van der Waals surface area contributed by atoms with Gasteiger partial charge in [-0.3, -0.25) is 0 Å². The molecule has 2 N–H and O–H groups in total. The van der Waals surface area contributed by atoms with Crippen LogP contribution in [-0.4, -0.2) is 18.4 Å². The number of methoxy groups -OCH3 is 1. The maximum absolute atomic E-state index is 8.79. The molecule has 1 saturated carbocycles. The summed E-state index contributed by atoms with van der Waals surface area (Å²) in [7, 11) is 1.61. The molecule has 88 valence electrons. The Kier molecular flexibility index (Phi) is 3.68. The average Bonchev–Trinajstić information content (AvgIpc) is 3.05. The van der Waals surface area contributed by atoms with E-state index in [1.165, 1.54) is 0 Å². The number of ether oxygens (including phenoxy) is 2. The highest BCUT2D eigenvalue weighted by Gasteiger charge is 2.26. The lowest BCUT2D eigenvalue weighted by Gasteiger charge is -2.15. The van der Waals surface area contributed by atoms with Crippen molar-refractivity contribution in [1.29, 1.82) is 0 Å². The molecule has 1 aliphatic rings. The number of hydroxylamine groups is 1. The SMILES string of the molecule is COc1cc(Br)cc(CNO)c1OC1CC1. The summed E-state index contributed by atoms with van der Waals surface area (Å²) in [5.74, 6) is 1.40. The molecule has 0 bridgehead atoms. The van der Waals surface area contributed by atoms with Gasteiger partial charge in [-0.1, -0.05) is 15.9 Å². The number of hydrogen-bond acceptors (Lipinski definition) is 4. The van der Waals surface area contributed by atoms with Gasteiger partial charge in [-0.2, -0.15) is 0 Å². The predicted molar refractivity (Wildman–Crippen MR) is 63.0 cm³/mol. The quantitative estimate of drug-likeness (QED) is 0.817. The minimum atomic E-state index is 0.299. The van der Waals surface area contributed by atoms with Crippen LogP contribution in [0.2, 0.25) is 0 Å². The van der Waals surface area contributed by atoms with Crippen LogP contribution in [-0.2, 0) is 6.54 Å². The molecule has 1 aliphatic carbocycles. The minimum Gasteiger partial charge on any atom is -0.493 e. The highest BCUT2D eigenvalue weighted by Crippen LogP contribution is 2.38. The zero-order valence-electron chi connectivity index (χ0n) is 9.00. The third kappa shape index (κ3) is 2.66. The summed E-state index contributed by atoms with van der Waals surface area (Å²) in [6, 6.07) is 3.77. The zero-order chi connectivity index (χ0) is 11.5. The molecule has 0 atom stereocenters. The second-order valence-electron chi connectivity index (χ2n) is 3.75. The molecule has 0 aromatic heterocycles. The van der Waals surface area contributed by atoms with Gasteiger partial charge in [0.1, 0.15) is 0 Å². The van der Waals surface area contributed by atoms with Crippen molar-refractivity contribution in [1.82, 2.24) is 5.48 Å². The Hall–Kier alpha value is -0.780. The fourth-order valence-electron chi connectivity index (χ4n) is 1.48. The first kappa shape index (κ1) is 11.7. The van der Waals surface area contributed by atoms with Crippen LogP contribution in [0.15, 0.2) is 16.6 Å². The summed E-state index contributed by atoms with van der Waals surface area (Å²) < 4.78 is 12.0. The summed E-state index contributed by atoms with van der Waals surface area (Å²) in [4.78, 5) is 0. The van der Waals surface area contributed by atoms with Crippen LogP contribution in [0.25, 0.3) is 0 Å². The zero-order valence-corrected chi connectivity index (χ0v) is 10.6. The Balaban J connectivity index is 2.33. The largest absolute Gasteiger partial charge is 0.493 e. The summed E-state index contributed by atoms with van der Waals surface area (Å²) in [5, 5.41) is 8.79. The van der Waals surface area contributed by atoms with Crippen LogP contribution in [0.1, 0.15) is 18.4 Å². The fraction of sp³-hybridized carbons (Fsp3) is 0.455. The molecule has 0 aliphatic heterocycles. The van der Waals surface area contributed by atoms with Crippen molar-refractivity contribution in [3.63, 3.8) is 0 Å². The Morgan fingerprint density at radius 1 is 1.50 bits per heavy atom. The van der Waals surface area contributed by atoms with Gasteiger partial charge in [-0.05, 0) is 25.0 Å². The minimum absolute atomic E-state index is 0.299. The number of nitrogens with one attached hydrogen (secondary N) is 1. The molecular formula is C11H14BrNO3. The van der Waals surface area contributed by atoms with E-state index in [0.717, 1.165) is 28.6 Å². The lowest BCUT2D eigenvalue weighted by Crippen LogP contribution is -2.10. The fourth-order valence-corrected chi connectivity index (χ4v) is 1.96. The number of hydrogen-bond donors (Lipinski definition) is 2. The standard InChI is InChI=1S/C11H14BrNO3/c1-15-10-5-8(12)4-7(6-13-14)11(10)16-9-2-3-9/h4-5,9,13-14H,2-3,6H2,1H3. The third-order valence-electron chi connectivity index (χ3n) is 2.39. The van der Waals surface area contributed by atoms with Crippen molar-refractivity contribution in [2.75, 3.05) is 7.11 Å². The molecule has 0 unspecified atom stereocenters. The monoisotopic (exact) mass is 287 g/mol. The molecule has 1 fully saturated rings. The summed E-state index contributed by atoms with van der Waals surface area (Å²) in [6.45, 7) is 0.331. The molecule has 0 amide bonds. The van der Waals surface area contributed by atoms with Gasteiger partial charge in [0.05, 0.1) is 13.2 Å². The van der Waals surface area contributed by atoms with Crippen molar-refractivity contribution in [3.05, 3.63) is 22.2 Å². The molecule has 16 heavy (non-hydrogen) atoms. The average molecular weight is 288 g/mol. The highest BCUT2D eigenvalue weighted by molar-refractivity contribution is 9.10. The van der Waals surface area contributed by atoms with Gasteiger partial charge in [0.2, 0.25) is 0 Å². The normalized spacial score (nSPS) is 14.9. The Morgan fingerprint density at radius 2 is 2.25 bits per heavy atom. The molecule has 1 aromatic carbocycles. The van der Waals surface area contributed by atoms with Crippen LogP contribution < -0.4 is 15.0 Å². The van der Waals surface area contributed by atoms with E-state index < -0.39 is 0 Å². The van der Waals surface area contributed by atoms with Crippen molar-refractivity contribution >= 4 is 15.9 Å². The van der Waals surface area contributed by atoms with Crippen molar-refractivity contribution < 1.29 is 14.7 Å². The number of rotatable bonds is 5. The van der Waals surface area contributed by atoms with E-state index >= 15 is 0 Å². The van der Waals surface area contributed by atoms with Gasteiger partial charge >= 0.3 is 0 Å². The van der Waals surface area contributed by atoms with Gasteiger partial charge < -0.3 is 14.7 Å². The van der Waals surface area contributed by atoms with E-state index in [0.29, 0.717) is 18.4 Å². The molecule has 0 spiro atoms. The van der Waals surface area contributed by atoms with Crippen molar-refractivity contribution in [3.8, 4) is 11.5 Å². The first-order chi connectivity index (χ1) is 7.74. The second-order valence-corrected chi connectivity index (χ2v) is 4.66. The maximum atomic E-state index is 8.79. The Bertz CT molecular complexity index is 380. The molecule has 0 heterocycles. The van der Waals surface area contributed by atoms with Gasteiger partial charge in [0.25, 0.3) is 0 Å². The van der Waals surface area contributed by atoms with E-state index in [2.05, 4.69) is 21.4 Å². The number of benzene rings is 1. The van der Waals surface area contributed by atoms with Gasteiger partial charge in [-0.25, -0.2) is 5.48 Å². The van der Waals surface area contributed by atoms with Gasteiger partial charge in [-0.15, -0.1) is 0 Å². The molecule has 5 heteroatoms. The summed E-state index contributed by atoms with van der Waals surface area (Å²) in [5.41, 5.74) is 3.02. The topological polar surface area (TPSA) is 50.7 Å². The first-order valence-corrected chi connectivity index (χ1v) is 5.94. The maximum Gasteiger partial charge on any atom is 0.166 e. The molecule has 2 rings (SSSR count). The Morgan fingerprint density at radius 3 is 2.81 bits per heavy atom. The lowest BCUT2D eigenvalue weighted by atomic mass is 10.2. The van der Waals surface area contributed by atoms with E-state index in [4.69, 9.17) is 14.7 Å². The lowest BCUT2D eigenvalue weighted by molar-refractivity contribution is 0.159. The third-order valence-corrected chi connectivity index (χ3v) is 2.85. The molecule has 0 saturated heterocycles. The Labute approximate surface area is 103 Å². The number of halogens is 1. The smallest absolute Gasteiger partial charge is 0.166 e. The van der Waals surface area contributed by atoms with E-state index in [1.54, 1.807) is 7.11 Å². The molecule has 1 aromatic rings. The van der Waals surface area contributed by atoms with Crippen LogP contribution in [0.5, 0.6) is 11.5 Å². The molecule has 0 radical (unpaired) electrons. The first-order valence-electron chi connectivity index (χ1n) is 5.14. The van der Waals surface area contributed by atoms with E-state index in [-0.39, 0.29) is 0 Å². The van der Waals surface area contributed by atoms with Crippen molar-refractivity contribution in [2.24, 2.45) is 0 Å². The van der Waals surface area contributed by atoms with Crippen LogP contribution in [0.4, 0.5) is 0 Å². The van der Waals surface area contributed by atoms with Crippen LogP contribution in [0.3, 0.4) is 0 Å². The molecular weight excluding hydrogens is 274 g/mol. The predicted octanol–water partition coefficient (Wildman–Crippen LogP) is 2.48. The van der Waals surface area contributed by atoms with E-state index in [1.807, 2.05) is 12.1 Å². The second kappa shape index (κ2) is 5.03. The summed E-state index contributed by atoms with van der Waals surface area (Å²) >= 11 is 3.39. The summed E-state index contributed by atoms with van der Waals surface area (Å²) in [6.07, 6.45) is 2.48. The van der Waals surface area contributed by atoms with Crippen LogP contribution >= 0.6 is 15.9 Å². The highest BCUT2D eigenvalue weighted by atomic mass is 79.9. The van der Waals surface area contributed by atoms with Crippen molar-refractivity contribution in [2.45, 2.75) is 25.5 Å². The van der Waals surface area contributed by atoms with Gasteiger partial charge in [0, 0.05) is 16.6 Å². The van der Waals surface area contributed by atoms with Gasteiger partial charge in [0.15, 0.2) is 11.5 Å². The van der Waals surface area contributed by atoms with E-state index in [9.17, 15) is 0 Å². The molecule has 4 nitrogen and oxygen atoms in total.